The van der Waals surface area contributed by atoms with Crippen LogP contribution in [0.15, 0.2) is 0 Å². The van der Waals surface area contributed by atoms with E-state index in [9.17, 15) is 14.4 Å². The van der Waals surface area contributed by atoms with E-state index < -0.39 is 35.9 Å². The van der Waals surface area contributed by atoms with Gasteiger partial charge in [-0.1, -0.05) is 0 Å². The summed E-state index contributed by atoms with van der Waals surface area (Å²) < 4.78 is 0. The molecule has 0 bridgehead atoms. The molecule has 0 radical (unpaired) electrons. The molecule has 0 heterocycles. The van der Waals surface area contributed by atoms with Gasteiger partial charge in [-0.2, -0.15) is 0 Å². The minimum Gasteiger partial charge on any atom is -0.480 e. The molecule has 0 saturated carbocycles. The fraction of sp³-hybridized carbons (Fsp3) is 0.667. The van der Waals surface area contributed by atoms with Crippen molar-refractivity contribution in [3.05, 3.63) is 0 Å². The van der Waals surface area contributed by atoms with E-state index in [1.165, 1.54) is 20.8 Å². The SMILES string of the molecule is CC(N)C(=O)NC(C)C(=O)NC(C)C(=O)O.Cl. The van der Waals surface area contributed by atoms with Crippen molar-refractivity contribution in [2.24, 2.45) is 5.73 Å². The third kappa shape index (κ3) is 6.75. The summed E-state index contributed by atoms with van der Waals surface area (Å²) in [5.74, 6) is -2.17. The fourth-order valence-corrected chi connectivity index (χ4v) is 0.811. The van der Waals surface area contributed by atoms with E-state index in [0.29, 0.717) is 0 Å². The van der Waals surface area contributed by atoms with Crippen LogP contribution in [0.25, 0.3) is 0 Å². The fourth-order valence-electron chi connectivity index (χ4n) is 0.811. The molecule has 0 aliphatic heterocycles. The molecule has 5 N–H and O–H groups in total. The summed E-state index contributed by atoms with van der Waals surface area (Å²) in [6, 6.07) is -2.53. The third-order valence-electron chi connectivity index (χ3n) is 1.89. The summed E-state index contributed by atoms with van der Waals surface area (Å²) in [7, 11) is 0. The Hall–Kier alpha value is -1.34. The zero-order valence-corrected chi connectivity index (χ0v) is 10.7. The van der Waals surface area contributed by atoms with Gasteiger partial charge in [-0.25, -0.2) is 0 Å². The number of carboxylic acid groups (broad SMARTS) is 1. The highest BCUT2D eigenvalue weighted by atomic mass is 35.5. The molecule has 0 saturated heterocycles. The summed E-state index contributed by atoms with van der Waals surface area (Å²) in [6.07, 6.45) is 0. The maximum Gasteiger partial charge on any atom is 0.325 e. The highest BCUT2D eigenvalue weighted by molar-refractivity contribution is 5.91. The molecule has 8 heteroatoms. The first-order chi connectivity index (χ1) is 7.25. The zero-order chi connectivity index (χ0) is 12.9. The van der Waals surface area contributed by atoms with E-state index in [1.807, 2.05) is 0 Å². The highest BCUT2D eigenvalue weighted by Gasteiger charge is 2.21. The second kappa shape index (κ2) is 7.86. The number of halogens is 1. The number of carboxylic acids is 1. The van der Waals surface area contributed by atoms with E-state index in [1.54, 1.807) is 0 Å². The molecule has 0 rings (SSSR count). The van der Waals surface area contributed by atoms with E-state index in [2.05, 4.69) is 10.6 Å². The number of hydrogen-bond acceptors (Lipinski definition) is 4. The van der Waals surface area contributed by atoms with Crippen molar-refractivity contribution < 1.29 is 19.5 Å². The number of aliphatic carboxylic acids is 1. The minimum absolute atomic E-state index is 0. The molecule has 0 fully saturated rings. The molecule has 3 atom stereocenters. The van der Waals surface area contributed by atoms with Crippen LogP contribution in [0.5, 0.6) is 0 Å². The molecule has 7 nitrogen and oxygen atoms in total. The van der Waals surface area contributed by atoms with Crippen LogP contribution in [0.3, 0.4) is 0 Å². The monoisotopic (exact) mass is 267 g/mol. The third-order valence-corrected chi connectivity index (χ3v) is 1.89. The van der Waals surface area contributed by atoms with Gasteiger partial charge in [0, 0.05) is 0 Å². The smallest absolute Gasteiger partial charge is 0.325 e. The Morgan fingerprint density at radius 2 is 1.41 bits per heavy atom. The predicted octanol–water partition coefficient (Wildman–Crippen LogP) is -1.15. The van der Waals surface area contributed by atoms with Crippen molar-refractivity contribution in [3.8, 4) is 0 Å². The van der Waals surface area contributed by atoms with E-state index >= 15 is 0 Å². The summed E-state index contributed by atoms with van der Waals surface area (Å²) >= 11 is 0. The average molecular weight is 268 g/mol. The van der Waals surface area contributed by atoms with Crippen LogP contribution >= 0.6 is 12.4 Å². The molecule has 17 heavy (non-hydrogen) atoms. The van der Waals surface area contributed by atoms with E-state index in [4.69, 9.17) is 10.8 Å². The van der Waals surface area contributed by atoms with Gasteiger partial charge in [0.1, 0.15) is 12.1 Å². The lowest BCUT2D eigenvalue weighted by Crippen LogP contribution is -2.52. The maximum atomic E-state index is 11.4. The Labute approximate surface area is 106 Å². The van der Waals surface area contributed by atoms with Gasteiger partial charge in [-0.3, -0.25) is 14.4 Å². The van der Waals surface area contributed by atoms with Crippen molar-refractivity contribution in [1.82, 2.24) is 10.6 Å². The van der Waals surface area contributed by atoms with Gasteiger partial charge in [0.25, 0.3) is 0 Å². The second-order valence-electron chi connectivity index (χ2n) is 3.59. The highest BCUT2D eigenvalue weighted by Crippen LogP contribution is 1.88. The first kappa shape index (κ1) is 18.0. The molecule has 0 spiro atoms. The molecule has 0 aliphatic rings. The Morgan fingerprint density at radius 1 is 1.00 bits per heavy atom. The molecule has 0 aliphatic carbocycles. The summed E-state index contributed by atoms with van der Waals surface area (Å²) in [5.41, 5.74) is 5.30. The van der Waals surface area contributed by atoms with Crippen molar-refractivity contribution in [3.63, 3.8) is 0 Å². The van der Waals surface area contributed by atoms with Crippen LogP contribution in [-0.4, -0.2) is 41.0 Å². The number of carbonyl (C=O) groups excluding carboxylic acids is 2. The van der Waals surface area contributed by atoms with Crippen molar-refractivity contribution in [2.45, 2.75) is 38.9 Å². The van der Waals surface area contributed by atoms with Gasteiger partial charge < -0.3 is 21.5 Å². The van der Waals surface area contributed by atoms with Crippen LogP contribution in [0.1, 0.15) is 20.8 Å². The van der Waals surface area contributed by atoms with Crippen LogP contribution < -0.4 is 16.4 Å². The van der Waals surface area contributed by atoms with Crippen molar-refractivity contribution in [2.75, 3.05) is 0 Å². The van der Waals surface area contributed by atoms with Gasteiger partial charge in [0.05, 0.1) is 6.04 Å². The van der Waals surface area contributed by atoms with Crippen molar-refractivity contribution >= 4 is 30.2 Å². The average Bonchev–Trinajstić information content (AvgIpc) is 2.16. The van der Waals surface area contributed by atoms with Crippen LogP contribution in [-0.2, 0) is 14.4 Å². The number of rotatable bonds is 5. The molecule has 0 aromatic rings. The van der Waals surface area contributed by atoms with Crippen LogP contribution in [0.4, 0.5) is 0 Å². The van der Waals surface area contributed by atoms with Gasteiger partial charge >= 0.3 is 5.97 Å². The standard InChI is InChI=1S/C9H17N3O4.ClH/c1-4(10)7(13)11-5(2)8(14)12-6(3)9(15)16;/h4-6H,10H2,1-3H3,(H,11,13)(H,12,14)(H,15,16);1H. The molecule has 2 amide bonds. The number of amides is 2. The first-order valence-electron chi connectivity index (χ1n) is 4.84. The summed E-state index contributed by atoms with van der Waals surface area (Å²) in [6.45, 7) is 4.27. The number of hydrogen-bond donors (Lipinski definition) is 4. The quantitative estimate of drug-likeness (QED) is 0.501. The molecular formula is C9H18ClN3O4. The Balaban J connectivity index is 0. The van der Waals surface area contributed by atoms with Gasteiger partial charge in [0.2, 0.25) is 11.8 Å². The van der Waals surface area contributed by atoms with Crippen LogP contribution in [0.2, 0.25) is 0 Å². The lowest BCUT2D eigenvalue weighted by Gasteiger charge is -2.17. The van der Waals surface area contributed by atoms with E-state index in [0.717, 1.165) is 0 Å². The van der Waals surface area contributed by atoms with E-state index in [-0.39, 0.29) is 12.4 Å². The number of nitrogens with one attached hydrogen (secondary N) is 2. The molecular weight excluding hydrogens is 250 g/mol. The minimum atomic E-state index is -1.14. The molecule has 3 unspecified atom stereocenters. The normalized spacial score (nSPS) is 14.8. The van der Waals surface area contributed by atoms with Gasteiger partial charge in [-0.15, -0.1) is 12.4 Å². The Morgan fingerprint density at radius 3 is 1.76 bits per heavy atom. The largest absolute Gasteiger partial charge is 0.480 e. The lowest BCUT2D eigenvalue weighted by atomic mass is 10.2. The zero-order valence-electron chi connectivity index (χ0n) is 9.89. The lowest BCUT2D eigenvalue weighted by molar-refractivity contribution is -0.141. The Kier molecular flexibility index (Phi) is 8.34. The molecule has 0 aromatic carbocycles. The first-order valence-corrected chi connectivity index (χ1v) is 4.84. The topological polar surface area (TPSA) is 122 Å². The van der Waals surface area contributed by atoms with Crippen LogP contribution in [0, 0.1) is 0 Å². The number of carbonyl (C=O) groups is 3. The Bertz CT molecular complexity index is 296. The molecule has 100 valence electrons. The second-order valence-corrected chi connectivity index (χ2v) is 3.59. The van der Waals surface area contributed by atoms with Crippen molar-refractivity contribution in [1.29, 1.82) is 0 Å². The van der Waals surface area contributed by atoms with Gasteiger partial charge in [-0.05, 0) is 20.8 Å². The summed E-state index contributed by atoms with van der Waals surface area (Å²) in [4.78, 5) is 33.0. The maximum absolute atomic E-state index is 11.4. The van der Waals surface area contributed by atoms with Gasteiger partial charge in [0.15, 0.2) is 0 Å². The number of nitrogens with two attached hydrogens (primary N) is 1. The summed E-state index contributed by atoms with van der Waals surface area (Å²) in [5, 5.41) is 13.1. The molecule has 0 aromatic heterocycles. The predicted molar refractivity (Wildman–Crippen MR) is 63.7 cm³/mol.